The SMILES string of the molecule is c1ccc(-c2nc(-c3ccccc3)nc(-c3ccc(-c4cc5c6ccccc6c6sc7ccccc7c6c5c5ccccc45)cc3)n2)cc1. The zero-order chi connectivity index (χ0) is 32.3. The molecule has 3 nitrogen and oxygen atoms in total. The van der Waals surface area contributed by atoms with E-state index >= 15 is 0 Å². The molecule has 0 aliphatic carbocycles. The van der Waals surface area contributed by atoms with E-state index in [-0.39, 0.29) is 0 Å². The van der Waals surface area contributed by atoms with Crippen LogP contribution in [0.25, 0.3) is 97.8 Å². The van der Waals surface area contributed by atoms with Gasteiger partial charge in [0.1, 0.15) is 0 Å². The molecule has 228 valence electrons. The van der Waals surface area contributed by atoms with Gasteiger partial charge in [0.15, 0.2) is 17.5 Å². The minimum atomic E-state index is 0.653. The minimum absolute atomic E-state index is 0.653. The molecule has 0 atom stereocenters. The van der Waals surface area contributed by atoms with Crippen LogP contribution in [0.15, 0.2) is 164 Å². The summed E-state index contributed by atoms with van der Waals surface area (Å²) in [5, 5.41) is 10.4. The van der Waals surface area contributed by atoms with Crippen LogP contribution in [0, 0.1) is 0 Å². The van der Waals surface area contributed by atoms with E-state index in [1.807, 2.05) is 72.0 Å². The lowest BCUT2D eigenvalue weighted by Crippen LogP contribution is -2.00. The normalized spacial score (nSPS) is 11.7. The van der Waals surface area contributed by atoms with Gasteiger partial charge in [-0.25, -0.2) is 15.0 Å². The molecule has 0 radical (unpaired) electrons. The fraction of sp³-hybridized carbons (Fsp3) is 0. The third kappa shape index (κ3) is 4.53. The zero-order valence-corrected chi connectivity index (χ0v) is 27.2. The summed E-state index contributed by atoms with van der Waals surface area (Å²) in [6, 6.07) is 57.9. The van der Waals surface area contributed by atoms with Crippen LogP contribution < -0.4 is 0 Å². The number of thiophene rings is 1. The summed E-state index contributed by atoms with van der Waals surface area (Å²) in [6.07, 6.45) is 0. The number of hydrogen-bond donors (Lipinski definition) is 0. The molecule has 4 heteroatoms. The van der Waals surface area contributed by atoms with Crippen LogP contribution >= 0.6 is 11.3 Å². The molecule has 10 aromatic rings. The number of rotatable bonds is 4. The van der Waals surface area contributed by atoms with Gasteiger partial charge in [-0.05, 0) is 50.2 Å². The first kappa shape index (κ1) is 27.8. The molecule has 10 rings (SSSR count). The largest absolute Gasteiger partial charge is 0.208 e. The number of hydrogen-bond acceptors (Lipinski definition) is 4. The van der Waals surface area contributed by atoms with E-state index in [4.69, 9.17) is 15.0 Å². The maximum Gasteiger partial charge on any atom is 0.164 e. The molecular formula is C45H27N3S. The second-order valence-corrected chi connectivity index (χ2v) is 13.4. The van der Waals surface area contributed by atoms with Crippen molar-refractivity contribution < 1.29 is 0 Å². The Morgan fingerprint density at radius 2 is 0.796 bits per heavy atom. The fourth-order valence-electron chi connectivity index (χ4n) is 7.23. The first-order chi connectivity index (χ1) is 24.3. The number of aromatic nitrogens is 3. The van der Waals surface area contributed by atoms with Crippen LogP contribution in [-0.2, 0) is 0 Å². The molecule has 0 bridgehead atoms. The lowest BCUT2D eigenvalue weighted by Gasteiger charge is -2.15. The second kappa shape index (κ2) is 11.2. The molecule has 8 aromatic carbocycles. The Labute approximate surface area is 286 Å². The first-order valence-electron chi connectivity index (χ1n) is 16.5. The summed E-state index contributed by atoms with van der Waals surface area (Å²) < 4.78 is 2.68. The van der Waals surface area contributed by atoms with Crippen molar-refractivity contribution in [3.8, 4) is 45.3 Å². The van der Waals surface area contributed by atoms with Crippen molar-refractivity contribution in [2.75, 3.05) is 0 Å². The van der Waals surface area contributed by atoms with Crippen LogP contribution in [0.4, 0.5) is 0 Å². The standard InChI is InChI=1S/C45H27N3S/c1-3-13-29(14-4-1)43-46-44(30-15-5-2-6-16-30)48-45(47-43)31-25-23-28(24-26-31)37-27-38-33-18-8-10-20-35(33)42-41(36-21-11-12-22-39(36)49-42)40(38)34-19-9-7-17-32(34)37/h1-27H. The molecule has 0 aliphatic heterocycles. The molecule has 0 unspecified atom stereocenters. The van der Waals surface area contributed by atoms with E-state index in [9.17, 15) is 0 Å². The monoisotopic (exact) mass is 641 g/mol. The summed E-state index contributed by atoms with van der Waals surface area (Å²) >= 11 is 1.90. The van der Waals surface area contributed by atoms with Crippen molar-refractivity contribution >= 4 is 63.8 Å². The molecule has 0 saturated heterocycles. The molecule has 0 spiro atoms. The van der Waals surface area contributed by atoms with Crippen molar-refractivity contribution in [2.45, 2.75) is 0 Å². The lowest BCUT2D eigenvalue weighted by atomic mass is 9.88. The quantitative estimate of drug-likeness (QED) is 0.180. The fourth-order valence-corrected chi connectivity index (χ4v) is 8.48. The summed E-state index contributed by atoms with van der Waals surface area (Å²) in [6.45, 7) is 0. The third-order valence-electron chi connectivity index (χ3n) is 9.51. The summed E-state index contributed by atoms with van der Waals surface area (Å²) in [4.78, 5) is 14.8. The lowest BCUT2D eigenvalue weighted by molar-refractivity contribution is 1.07. The van der Waals surface area contributed by atoms with Crippen molar-refractivity contribution in [3.05, 3.63) is 164 Å². The molecule has 49 heavy (non-hydrogen) atoms. The van der Waals surface area contributed by atoms with Gasteiger partial charge in [0.25, 0.3) is 0 Å². The summed E-state index contributed by atoms with van der Waals surface area (Å²) in [7, 11) is 0. The number of fused-ring (bicyclic) bond motifs is 10. The molecule has 0 fully saturated rings. The van der Waals surface area contributed by atoms with E-state index in [0.717, 1.165) is 22.3 Å². The third-order valence-corrected chi connectivity index (χ3v) is 10.7. The molecule has 2 aromatic heterocycles. The highest BCUT2D eigenvalue weighted by Gasteiger charge is 2.19. The van der Waals surface area contributed by atoms with E-state index in [2.05, 4.69) is 103 Å². The highest BCUT2D eigenvalue weighted by molar-refractivity contribution is 7.27. The molecule has 0 saturated carbocycles. The Balaban J connectivity index is 1.18. The van der Waals surface area contributed by atoms with Gasteiger partial charge in [-0.2, -0.15) is 0 Å². The van der Waals surface area contributed by atoms with Gasteiger partial charge >= 0.3 is 0 Å². The Bertz CT molecular complexity index is 2800. The molecule has 0 N–H and O–H groups in total. The van der Waals surface area contributed by atoms with Gasteiger partial charge in [0.05, 0.1) is 0 Å². The predicted molar refractivity (Wildman–Crippen MR) is 207 cm³/mol. The highest BCUT2D eigenvalue weighted by Crippen LogP contribution is 2.47. The van der Waals surface area contributed by atoms with Crippen LogP contribution in [0.2, 0.25) is 0 Å². The average molecular weight is 642 g/mol. The first-order valence-corrected chi connectivity index (χ1v) is 17.3. The van der Waals surface area contributed by atoms with Gasteiger partial charge < -0.3 is 0 Å². The predicted octanol–water partition coefficient (Wildman–Crippen LogP) is 12.4. The Kier molecular flexibility index (Phi) is 6.36. The second-order valence-electron chi connectivity index (χ2n) is 12.4. The van der Waals surface area contributed by atoms with E-state index in [0.29, 0.717) is 17.5 Å². The van der Waals surface area contributed by atoms with Crippen molar-refractivity contribution in [2.24, 2.45) is 0 Å². The summed E-state index contributed by atoms with van der Waals surface area (Å²) in [5.74, 6) is 1.97. The van der Waals surface area contributed by atoms with Crippen LogP contribution in [-0.4, -0.2) is 15.0 Å². The summed E-state index contributed by atoms with van der Waals surface area (Å²) in [5.41, 5.74) is 5.23. The maximum absolute atomic E-state index is 4.95. The van der Waals surface area contributed by atoms with Crippen LogP contribution in [0.5, 0.6) is 0 Å². The van der Waals surface area contributed by atoms with E-state index in [1.165, 1.54) is 58.1 Å². The number of benzene rings is 8. The van der Waals surface area contributed by atoms with Crippen molar-refractivity contribution in [3.63, 3.8) is 0 Å². The van der Waals surface area contributed by atoms with E-state index in [1.54, 1.807) is 0 Å². The van der Waals surface area contributed by atoms with Crippen molar-refractivity contribution in [1.29, 1.82) is 0 Å². The molecular weight excluding hydrogens is 615 g/mol. The van der Waals surface area contributed by atoms with Gasteiger partial charge in [-0.1, -0.05) is 152 Å². The van der Waals surface area contributed by atoms with E-state index < -0.39 is 0 Å². The highest BCUT2D eigenvalue weighted by atomic mass is 32.1. The number of nitrogens with zero attached hydrogens (tertiary/aromatic N) is 3. The zero-order valence-electron chi connectivity index (χ0n) is 26.3. The molecule has 0 amide bonds. The molecule has 2 heterocycles. The topological polar surface area (TPSA) is 38.7 Å². The van der Waals surface area contributed by atoms with Gasteiger partial charge in [-0.15, -0.1) is 11.3 Å². The average Bonchev–Trinajstić information content (AvgIpc) is 3.58. The van der Waals surface area contributed by atoms with Gasteiger partial charge in [0, 0.05) is 42.2 Å². The molecule has 0 aliphatic rings. The minimum Gasteiger partial charge on any atom is -0.208 e. The van der Waals surface area contributed by atoms with Gasteiger partial charge in [0.2, 0.25) is 0 Å². The Morgan fingerprint density at radius 1 is 0.327 bits per heavy atom. The smallest absolute Gasteiger partial charge is 0.164 e. The maximum atomic E-state index is 4.95. The Morgan fingerprint density at radius 3 is 1.43 bits per heavy atom. The van der Waals surface area contributed by atoms with Crippen LogP contribution in [0.1, 0.15) is 0 Å². The van der Waals surface area contributed by atoms with Crippen LogP contribution in [0.3, 0.4) is 0 Å². The van der Waals surface area contributed by atoms with Gasteiger partial charge in [-0.3, -0.25) is 0 Å². The van der Waals surface area contributed by atoms with Crippen molar-refractivity contribution in [1.82, 2.24) is 15.0 Å². The Hall–Kier alpha value is -6.23.